The molecular weight excluding hydrogens is 422 g/mol. The lowest BCUT2D eigenvalue weighted by Gasteiger charge is -2.35. The molecule has 0 bridgehead atoms. The van der Waals surface area contributed by atoms with Crippen molar-refractivity contribution in [2.45, 2.75) is 33.2 Å². The summed E-state index contributed by atoms with van der Waals surface area (Å²) in [5, 5.41) is 0. The molecule has 0 aliphatic carbocycles. The second-order valence-electron chi connectivity index (χ2n) is 9.10. The molecule has 2 atom stereocenters. The van der Waals surface area contributed by atoms with Crippen LogP contribution in [0.5, 0.6) is 0 Å². The first kappa shape index (κ1) is 24.7. The van der Waals surface area contributed by atoms with Crippen LogP contribution in [-0.2, 0) is 16.1 Å². The molecule has 1 amide bonds. The van der Waals surface area contributed by atoms with Gasteiger partial charge in [0.15, 0.2) is 5.69 Å². The lowest BCUT2D eigenvalue weighted by atomic mass is 9.92. The van der Waals surface area contributed by atoms with E-state index in [-0.39, 0.29) is 37.0 Å². The third kappa shape index (κ3) is 6.33. The van der Waals surface area contributed by atoms with Crippen molar-refractivity contribution in [2.24, 2.45) is 11.8 Å². The number of rotatable bonds is 9. The number of aromatic nitrogens is 2. The Bertz CT molecular complexity index is 1040. The molecule has 9 heteroatoms. The summed E-state index contributed by atoms with van der Waals surface area (Å²) < 4.78 is 6.45. The number of ether oxygens (including phenoxy) is 1. The Kier molecular flexibility index (Phi) is 8.46. The average molecular weight is 458 g/mol. The summed E-state index contributed by atoms with van der Waals surface area (Å²) in [6.07, 6.45) is 1.67. The van der Waals surface area contributed by atoms with Crippen molar-refractivity contribution in [3.8, 4) is 0 Å². The molecule has 9 nitrogen and oxygen atoms in total. The third-order valence-electron chi connectivity index (χ3n) is 6.00. The minimum atomic E-state index is -0.659. The van der Waals surface area contributed by atoms with Crippen LogP contribution in [0, 0.1) is 11.8 Å². The Hall–Kier alpha value is -2.91. The fraction of sp³-hybridized carbons (Fsp3) is 0.542. The molecule has 2 unspecified atom stereocenters. The van der Waals surface area contributed by atoms with Crippen molar-refractivity contribution in [1.82, 2.24) is 14.5 Å². The van der Waals surface area contributed by atoms with Crippen LogP contribution in [0.2, 0.25) is 0 Å². The van der Waals surface area contributed by atoms with Crippen molar-refractivity contribution in [2.75, 3.05) is 50.5 Å². The standard InChI is InChI=1S/C24H35N5O4/c1-17-12-18(2)14-27(13-17)16-20(30)28(10-7-11-33-3)21-22(25)29(24(32)26-23(21)31)15-19-8-5-4-6-9-19/h4-6,8-9,17-18H,7,10-16,25H2,1-3H3,(H,26,31,32). The highest BCUT2D eigenvalue weighted by atomic mass is 16.5. The van der Waals surface area contributed by atoms with Gasteiger partial charge in [0.25, 0.3) is 5.56 Å². The Morgan fingerprint density at radius 2 is 1.85 bits per heavy atom. The first-order chi connectivity index (χ1) is 15.8. The quantitative estimate of drug-likeness (QED) is 0.552. The number of aromatic amines is 1. The summed E-state index contributed by atoms with van der Waals surface area (Å²) in [6.45, 7) is 7.13. The predicted octanol–water partition coefficient (Wildman–Crippen LogP) is 1.51. The van der Waals surface area contributed by atoms with Crippen LogP contribution in [0.1, 0.15) is 32.3 Å². The van der Waals surface area contributed by atoms with Crippen molar-refractivity contribution in [3.63, 3.8) is 0 Å². The molecular formula is C24H35N5O4. The Labute approximate surface area is 194 Å². The Morgan fingerprint density at radius 1 is 1.18 bits per heavy atom. The lowest BCUT2D eigenvalue weighted by molar-refractivity contribution is -0.120. The number of carbonyl (C=O) groups is 1. The molecule has 0 radical (unpaired) electrons. The van der Waals surface area contributed by atoms with Crippen molar-refractivity contribution in [3.05, 3.63) is 56.7 Å². The number of nitrogens with zero attached hydrogens (tertiary/aromatic N) is 3. The van der Waals surface area contributed by atoms with Gasteiger partial charge in [0.1, 0.15) is 5.82 Å². The van der Waals surface area contributed by atoms with Gasteiger partial charge in [-0.1, -0.05) is 44.2 Å². The number of hydrogen-bond acceptors (Lipinski definition) is 6. The van der Waals surface area contributed by atoms with Gasteiger partial charge in [-0.2, -0.15) is 0 Å². The van der Waals surface area contributed by atoms with E-state index in [1.807, 2.05) is 30.3 Å². The first-order valence-electron chi connectivity index (χ1n) is 11.5. The van der Waals surface area contributed by atoms with E-state index in [4.69, 9.17) is 10.5 Å². The SMILES string of the molecule is COCCCN(C(=O)CN1CC(C)CC(C)C1)c1c(N)n(Cc2ccccc2)c(=O)[nH]c1=O. The fourth-order valence-corrected chi connectivity index (χ4v) is 4.69. The molecule has 2 heterocycles. The Morgan fingerprint density at radius 3 is 2.48 bits per heavy atom. The number of benzene rings is 1. The van der Waals surface area contributed by atoms with Gasteiger partial charge in [-0.3, -0.25) is 24.0 Å². The summed E-state index contributed by atoms with van der Waals surface area (Å²) in [6, 6.07) is 9.36. The normalized spacial score (nSPS) is 18.9. The average Bonchev–Trinajstić information content (AvgIpc) is 2.75. The number of methoxy groups -OCH3 is 1. The number of likely N-dealkylation sites (tertiary alicyclic amines) is 1. The van der Waals surface area contributed by atoms with Crippen LogP contribution in [0.4, 0.5) is 11.5 Å². The molecule has 1 saturated heterocycles. The minimum absolute atomic E-state index is 0.0150. The predicted molar refractivity (Wildman–Crippen MR) is 130 cm³/mol. The largest absolute Gasteiger partial charge is 0.385 e. The first-order valence-corrected chi connectivity index (χ1v) is 11.5. The summed E-state index contributed by atoms with van der Waals surface area (Å²) in [5.41, 5.74) is 5.97. The van der Waals surface area contributed by atoms with Crippen molar-refractivity contribution < 1.29 is 9.53 Å². The van der Waals surface area contributed by atoms with Gasteiger partial charge in [-0.05, 0) is 30.2 Å². The molecule has 1 aromatic carbocycles. The van der Waals surface area contributed by atoms with Gasteiger partial charge in [0.2, 0.25) is 5.91 Å². The number of nitrogens with one attached hydrogen (secondary N) is 1. The van der Waals surface area contributed by atoms with E-state index in [0.717, 1.165) is 25.1 Å². The smallest absolute Gasteiger partial charge is 0.330 e. The zero-order chi connectivity index (χ0) is 24.0. The van der Waals surface area contributed by atoms with E-state index in [1.165, 1.54) is 9.47 Å². The molecule has 0 saturated carbocycles. The summed E-state index contributed by atoms with van der Waals surface area (Å²) in [5.74, 6) is 0.780. The second kappa shape index (κ2) is 11.3. The zero-order valence-corrected chi connectivity index (χ0v) is 19.8. The number of piperidine rings is 1. The van der Waals surface area contributed by atoms with Crippen LogP contribution in [0.25, 0.3) is 0 Å². The number of amides is 1. The second-order valence-corrected chi connectivity index (χ2v) is 9.10. The van der Waals surface area contributed by atoms with Gasteiger partial charge < -0.3 is 15.4 Å². The topological polar surface area (TPSA) is 114 Å². The summed E-state index contributed by atoms with van der Waals surface area (Å²) >= 11 is 0. The number of hydrogen-bond donors (Lipinski definition) is 2. The lowest BCUT2D eigenvalue weighted by Crippen LogP contribution is -2.48. The van der Waals surface area contributed by atoms with Crippen LogP contribution >= 0.6 is 0 Å². The highest BCUT2D eigenvalue weighted by Crippen LogP contribution is 2.22. The van der Waals surface area contributed by atoms with Gasteiger partial charge in [0, 0.05) is 33.4 Å². The van der Waals surface area contributed by atoms with Crippen molar-refractivity contribution >= 4 is 17.4 Å². The van der Waals surface area contributed by atoms with E-state index in [2.05, 4.69) is 23.7 Å². The fourth-order valence-electron chi connectivity index (χ4n) is 4.69. The van der Waals surface area contributed by atoms with Gasteiger partial charge in [-0.15, -0.1) is 0 Å². The summed E-state index contributed by atoms with van der Waals surface area (Å²) in [4.78, 5) is 44.7. The number of nitrogens with two attached hydrogens (primary N) is 1. The monoisotopic (exact) mass is 457 g/mol. The maximum atomic E-state index is 13.4. The van der Waals surface area contributed by atoms with Crippen molar-refractivity contribution in [1.29, 1.82) is 0 Å². The third-order valence-corrected chi connectivity index (χ3v) is 6.00. The van der Waals surface area contributed by atoms with Gasteiger partial charge in [-0.25, -0.2) is 4.79 Å². The maximum absolute atomic E-state index is 13.4. The van der Waals surface area contributed by atoms with Crippen LogP contribution < -0.4 is 21.9 Å². The molecule has 1 fully saturated rings. The molecule has 1 aliphatic rings. The van der Waals surface area contributed by atoms with Gasteiger partial charge >= 0.3 is 5.69 Å². The number of nitrogen functional groups attached to an aromatic ring is 1. The number of carbonyl (C=O) groups excluding carboxylic acids is 1. The van der Waals surface area contributed by atoms with E-state index in [9.17, 15) is 14.4 Å². The van der Waals surface area contributed by atoms with E-state index in [1.54, 1.807) is 7.11 Å². The van der Waals surface area contributed by atoms with Crippen LogP contribution in [0.15, 0.2) is 39.9 Å². The molecule has 33 heavy (non-hydrogen) atoms. The highest BCUT2D eigenvalue weighted by molar-refractivity contribution is 5.96. The molecule has 1 aliphatic heterocycles. The molecule has 3 N–H and O–H groups in total. The molecule has 2 aromatic rings. The minimum Gasteiger partial charge on any atom is -0.385 e. The summed E-state index contributed by atoms with van der Waals surface area (Å²) in [7, 11) is 1.59. The van der Waals surface area contributed by atoms with Crippen LogP contribution in [0.3, 0.4) is 0 Å². The number of anilines is 2. The van der Waals surface area contributed by atoms with E-state index in [0.29, 0.717) is 24.9 Å². The van der Waals surface area contributed by atoms with Crippen LogP contribution in [-0.4, -0.2) is 60.3 Å². The number of H-pyrrole nitrogens is 1. The zero-order valence-electron chi connectivity index (χ0n) is 19.8. The molecule has 1 aromatic heterocycles. The van der Waals surface area contributed by atoms with E-state index >= 15 is 0 Å². The highest BCUT2D eigenvalue weighted by Gasteiger charge is 2.28. The molecule has 180 valence electrons. The van der Waals surface area contributed by atoms with Gasteiger partial charge in [0.05, 0.1) is 13.1 Å². The maximum Gasteiger partial charge on any atom is 0.330 e. The van der Waals surface area contributed by atoms with E-state index < -0.39 is 11.2 Å². The molecule has 0 spiro atoms. The Balaban J connectivity index is 1.94. The molecule has 3 rings (SSSR count).